The predicted molar refractivity (Wildman–Crippen MR) is 88.5 cm³/mol. The van der Waals surface area contributed by atoms with Crippen LogP contribution in [0.5, 0.6) is 0 Å². The van der Waals surface area contributed by atoms with Crippen LogP contribution in [0.2, 0.25) is 0 Å². The van der Waals surface area contributed by atoms with Gasteiger partial charge in [-0.25, -0.2) is 4.39 Å². The van der Waals surface area contributed by atoms with E-state index >= 15 is 0 Å². The highest BCUT2D eigenvalue weighted by atomic mass is 19.1. The number of carbonyl (C=O) groups is 3. The molecule has 1 heterocycles. The molecule has 2 fully saturated rings. The second-order valence-corrected chi connectivity index (χ2v) is 6.89. The number of carboxylic acid groups (broad SMARTS) is 1. The summed E-state index contributed by atoms with van der Waals surface area (Å²) in [5, 5.41) is 11.9. The van der Waals surface area contributed by atoms with E-state index in [0.717, 1.165) is 0 Å². The Morgan fingerprint density at radius 1 is 1.28 bits per heavy atom. The Kier molecular flexibility index (Phi) is 4.74. The van der Waals surface area contributed by atoms with E-state index < -0.39 is 17.8 Å². The molecule has 2 N–H and O–H groups in total. The number of halogens is 1. The normalized spacial score (nSPS) is 26.1. The highest BCUT2D eigenvalue weighted by molar-refractivity contribution is 6.00. The molecule has 0 aromatic heterocycles. The van der Waals surface area contributed by atoms with Crippen LogP contribution in [0.25, 0.3) is 0 Å². The lowest BCUT2D eigenvalue weighted by molar-refractivity contribution is -0.141. The average Bonchev–Trinajstić information content (AvgIpc) is 3.17. The Balaban J connectivity index is 1.61. The number of hydrogen-bond acceptors (Lipinski definition) is 3. The predicted octanol–water partition coefficient (Wildman–Crippen LogP) is 1.86. The zero-order valence-corrected chi connectivity index (χ0v) is 14.0. The van der Waals surface area contributed by atoms with Crippen molar-refractivity contribution < 1.29 is 23.9 Å². The summed E-state index contributed by atoms with van der Waals surface area (Å²) in [5.74, 6) is -2.42. The van der Waals surface area contributed by atoms with Gasteiger partial charge in [-0.3, -0.25) is 14.4 Å². The van der Waals surface area contributed by atoms with Gasteiger partial charge in [-0.05, 0) is 49.9 Å². The van der Waals surface area contributed by atoms with E-state index in [0.29, 0.717) is 30.5 Å². The second kappa shape index (κ2) is 6.82. The Hall–Kier alpha value is -2.44. The molecule has 6 nitrogen and oxygen atoms in total. The third-order valence-electron chi connectivity index (χ3n) is 5.08. The van der Waals surface area contributed by atoms with Gasteiger partial charge in [0.15, 0.2) is 0 Å². The van der Waals surface area contributed by atoms with Crippen LogP contribution in [-0.2, 0) is 14.4 Å². The third kappa shape index (κ3) is 3.65. The number of aliphatic carboxylic acids is 1. The van der Waals surface area contributed by atoms with Crippen LogP contribution in [0.15, 0.2) is 18.2 Å². The number of nitrogens with one attached hydrogen (secondary N) is 1. The topological polar surface area (TPSA) is 86.7 Å². The van der Waals surface area contributed by atoms with Crippen molar-refractivity contribution in [3.63, 3.8) is 0 Å². The second-order valence-electron chi connectivity index (χ2n) is 6.89. The van der Waals surface area contributed by atoms with Crippen molar-refractivity contribution >= 4 is 23.5 Å². The third-order valence-corrected chi connectivity index (χ3v) is 5.08. The molecule has 1 saturated heterocycles. The SMILES string of the molecule is Cc1cc(N2CC(C(=O)N[C@@H]3CC[C@H](C(=O)O)C3)CC2=O)ccc1F. The number of nitrogens with zero attached hydrogens (tertiary/aromatic N) is 1. The standard InChI is InChI=1S/C18H21FN2O4/c1-10-6-14(4-5-15(10)19)21-9-12(8-16(21)22)17(23)20-13-3-2-11(7-13)18(24)25/h4-6,11-13H,2-3,7-9H2,1H3,(H,20,23)(H,24,25)/t11-,12?,13+/m0/s1. The first kappa shape index (κ1) is 17.4. The summed E-state index contributed by atoms with van der Waals surface area (Å²) < 4.78 is 13.4. The van der Waals surface area contributed by atoms with Gasteiger partial charge in [0.2, 0.25) is 11.8 Å². The van der Waals surface area contributed by atoms with Crippen molar-refractivity contribution in [1.82, 2.24) is 5.32 Å². The molecular weight excluding hydrogens is 327 g/mol. The maximum absolute atomic E-state index is 13.4. The van der Waals surface area contributed by atoms with E-state index in [1.54, 1.807) is 13.0 Å². The highest BCUT2D eigenvalue weighted by Gasteiger charge is 2.37. The minimum Gasteiger partial charge on any atom is -0.481 e. The molecule has 7 heteroatoms. The largest absolute Gasteiger partial charge is 0.481 e. The zero-order valence-electron chi connectivity index (χ0n) is 14.0. The van der Waals surface area contributed by atoms with Crippen LogP contribution < -0.4 is 10.2 Å². The number of aryl methyl sites for hydroxylation is 1. The molecule has 3 atom stereocenters. The zero-order chi connectivity index (χ0) is 18.1. The summed E-state index contributed by atoms with van der Waals surface area (Å²) in [5.41, 5.74) is 1.04. The van der Waals surface area contributed by atoms with Gasteiger partial charge in [0, 0.05) is 24.7 Å². The van der Waals surface area contributed by atoms with Crippen molar-refractivity contribution in [2.75, 3.05) is 11.4 Å². The first-order chi connectivity index (χ1) is 11.8. The fraction of sp³-hybridized carbons (Fsp3) is 0.500. The van der Waals surface area contributed by atoms with E-state index in [1.165, 1.54) is 17.0 Å². The number of anilines is 1. The Labute approximate surface area is 145 Å². The monoisotopic (exact) mass is 348 g/mol. The van der Waals surface area contributed by atoms with E-state index in [2.05, 4.69) is 5.32 Å². The fourth-order valence-corrected chi connectivity index (χ4v) is 3.59. The lowest BCUT2D eigenvalue weighted by Gasteiger charge is -2.18. The summed E-state index contributed by atoms with van der Waals surface area (Å²) in [4.78, 5) is 37.2. The smallest absolute Gasteiger partial charge is 0.306 e. The van der Waals surface area contributed by atoms with E-state index in [-0.39, 0.29) is 36.6 Å². The lowest BCUT2D eigenvalue weighted by Crippen LogP contribution is -2.39. The maximum Gasteiger partial charge on any atom is 0.306 e. The molecule has 1 aromatic rings. The quantitative estimate of drug-likeness (QED) is 0.869. The number of hydrogen-bond donors (Lipinski definition) is 2. The van der Waals surface area contributed by atoms with Crippen molar-refractivity contribution in [3.05, 3.63) is 29.6 Å². The van der Waals surface area contributed by atoms with Crippen LogP contribution in [0.1, 0.15) is 31.2 Å². The van der Waals surface area contributed by atoms with Gasteiger partial charge in [-0.2, -0.15) is 0 Å². The van der Waals surface area contributed by atoms with Crippen molar-refractivity contribution in [2.45, 2.75) is 38.6 Å². The average molecular weight is 348 g/mol. The number of rotatable bonds is 4. The van der Waals surface area contributed by atoms with Crippen LogP contribution >= 0.6 is 0 Å². The maximum atomic E-state index is 13.4. The van der Waals surface area contributed by atoms with Crippen LogP contribution in [0.4, 0.5) is 10.1 Å². The number of carbonyl (C=O) groups excluding carboxylic acids is 2. The summed E-state index contributed by atoms with van der Waals surface area (Å²) in [6.07, 6.45) is 1.75. The summed E-state index contributed by atoms with van der Waals surface area (Å²) >= 11 is 0. The van der Waals surface area contributed by atoms with Crippen LogP contribution in [0, 0.1) is 24.6 Å². The molecular formula is C18H21FN2O4. The molecule has 1 aliphatic carbocycles. The first-order valence-corrected chi connectivity index (χ1v) is 8.45. The molecule has 0 radical (unpaired) electrons. The first-order valence-electron chi connectivity index (χ1n) is 8.45. The molecule has 1 aliphatic heterocycles. The molecule has 2 aliphatic rings. The number of benzene rings is 1. The van der Waals surface area contributed by atoms with Crippen molar-refractivity contribution in [3.8, 4) is 0 Å². The highest BCUT2D eigenvalue weighted by Crippen LogP contribution is 2.29. The summed E-state index contributed by atoms with van der Waals surface area (Å²) in [6.45, 7) is 1.88. The van der Waals surface area contributed by atoms with E-state index in [1.807, 2.05) is 0 Å². The molecule has 0 bridgehead atoms. The number of amides is 2. The van der Waals surface area contributed by atoms with Crippen molar-refractivity contribution in [2.24, 2.45) is 11.8 Å². The van der Waals surface area contributed by atoms with Gasteiger partial charge in [0.25, 0.3) is 0 Å². The lowest BCUT2D eigenvalue weighted by atomic mass is 10.1. The molecule has 3 rings (SSSR count). The minimum atomic E-state index is -0.828. The van der Waals surface area contributed by atoms with Gasteiger partial charge in [0.1, 0.15) is 5.82 Å². The Morgan fingerprint density at radius 3 is 2.68 bits per heavy atom. The molecule has 1 aromatic carbocycles. The van der Waals surface area contributed by atoms with Gasteiger partial charge >= 0.3 is 5.97 Å². The molecule has 1 unspecified atom stereocenters. The van der Waals surface area contributed by atoms with Crippen LogP contribution in [-0.4, -0.2) is 35.5 Å². The van der Waals surface area contributed by atoms with Gasteiger partial charge in [-0.1, -0.05) is 0 Å². The molecule has 2 amide bonds. The van der Waals surface area contributed by atoms with Gasteiger partial charge in [0.05, 0.1) is 11.8 Å². The number of carboxylic acids is 1. The molecule has 25 heavy (non-hydrogen) atoms. The molecule has 134 valence electrons. The van der Waals surface area contributed by atoms with Gasteiger partial charge < -0.3 is 15.3 Å². The molecule has 0 spiro atoms. The van der Waals surface area contributed by atoms with Crippen LogP contribution in [0.3, 0.4) is 0 Å². The Bertz CT molecular complexity index is 721. The fourth-order valence-electron chi connectivity index (χ4n) is 3.59. The van der Waals surface area contributed by atoms with E-state index in [4.69, 9.17) is 5.11 Å². The van der Waals surface area contributed by atoms with E-state index in [9.17, 15) is 18.8 Å². The summed E-state index contributed by atoms with van der Waals surface area (Å²) in [6, 6.07) is 4.30. The van der Waals surface area contributed by atoms with Gasteiger partial charge in [-0.15, -0.1) is 0 Å². The summed E-state index contributed by atoms with van der Waals surface area (Å²) in [7, 11) is 0. The molecule has 1 saturated carbocycles. The van der Waals surface area contributed by atoms with Crippen molar-refractivity contribution in [1.29, 1.82) is 0 Å². The Morgan fingerprint density at radius 2 is 2.04 bits per heavy atom. The minimum absolute atomic E-state index is 0.108.